The molecule has 0 radical (unpaired) electrons. The van der Waals surface area contributed by atoms with E-state index < -0.39 is 0 Å². The van der Waals surface area contributed by atoms with Crippen LogP contribution in [0.1, 0.15) is 12.5 Å². The van der Waals surface area contributed by atoms with Crippen molar-refractivity contribution in [1.29, 1.82) is 0 Å². The number of fused-ring (bicyclic) bond motifs is 1. The van der Waals surface area contributed by atoms with Crippen molar-refractivity contribution in [2.75, 3.05) is 16.8 Å². The van der Waals surface area contributed by atoms with E-state index in [9.17, 15) is 0 Å². The summed E-state index contributed by atoms with van der Waals surface area (Å²) in [7, 11) is 2.05. The molecule has 0 N–H and O–H groups in total. The lowest BCUT2D eigenvalue weighted by Gasteiger charge is -2.27. The van der Waals surface area contributed by atoms with Gasteiger partial charge in [0.15, 0.2) is 11.6 Å². The fraction of sp³-hybridized carbons (Fsp3) is 0.286. The SMILES string of the molecule is Cc1ccccc1N1c2nccnc2N(C)[C@@H]1C. The lowest BCUT2D eigenvalue weighted by atomic mass is 10.2. The van der Waals surface area contributed by atoms with Gasteiger partial charge in [0.2, 0.25) is 0 Å². The normalized spacial score (nSPS) is 18.1. The summed E-state index contributed by atoms with van der Waals surface area (Å²) in [6, 6.07) is 8.37. The molecule has 0 amide bonds. The van der Waals surface area contributed by atoms with Crippen molar-refractivity contribution < 1.29 is 0 Å². The van der Waals surface area contributed by atoms with Crippen molar-refractivity contribution in [2.24, 2.45) is 0 Å². The topological polar surface area (TPSA) is 32.3 Å². The quantitative estimate of drug-likeness (QED) is 0.767. The first kappa shape index (κ1) is 11.0. The number of para-hydroxylation sites is 1. The highest BCUT2D eigenvalue weighted by atomic mass is 15.4. The molecule has 18 heavy (non-hydrogen) atoms. The zero-order valence-electron chi connectivity index (χ0n) is 10.8. The fourth-order valence-corrected chi connectivity index (χ4v) is 2.42. The van der Waals surface area contributed by atoms with Crippen LogP contribution in [-0.2, 0) is 0 Å². The molecule has 3 rings (SSSR count). The predicted molar refractivity (Wildman–Crippen MR) is 73.2 cm³/mol. The van der Waals surface area contributed by atoms with Gasteiger partial charge in [0.05, 0.1) is 0 Å². The Morgan fingerprint density at radius 2 is 1.72 bits per heavy atom. The third-order valence-electron chi connectivity index (χ3n) is 3.53. The van der Waals surface area contributed by atoms with Crippen LogP contribution >= 0.6 is 0 Å². The Bertz CT molecular complexity index is 582. The Labute approximate surface area is 107 Å². The van der Waals surface area contributed by atoms with E-state index in [0.717, 1.165) is 11.6 Å². The second-order valence-electron chi connectivity index (χ2n) is 4.60. The van der Waals surface area contributed by atoms with Gasteiger partial charge in [-0.1, -0.05) is 18.2 Å². The summed E-state index contributed by atoms with van der Waals surface area (Å²) in [6.45, 7) is 4.28. The molecule has 0 aliphatic carbocycles. The van der Waals surface area contributed by atoms with Crippen LogP contribution in [0.25, 0.3) is 0 Å². The van der Waals surface area contributed by atoms with E-state index in [1.807, 2.05) is 0 Å². The summed E-state index contributed by atoms with van der Waals surface area (Å²) in [5.74, 6) is 1.87. The van der Waals surface area contributed by atoms with E-state index in [-0.39, 0.29) is 6.17 Å². The van der Waals surface area contributed by atoms with Gasteiger partial charge in [-0.25, -0.2) is 9.97 Å². The number of hydrogen-bond acceptors (Lipinski definition) is 4. The Morgan fingerprint density at radius 1 is 1.06 bits per heavy atom. The number of nitrogens with zero attached hydrogens (tertiary/aromatic N) is 4. The van der Waals surface area contributed by atoms with E-state index in [0.29, 0.717) is 0 Å². The number of aryl methyl sites for hydroxylation is 1. The third kappa shape index (κ3) is 1.45. The van der Waals surface area contributed by atoms with Crippen LogP contribution < -0.4 is 9.80 Å². The van der Waals surface area contributed by atoms with Gasteiger partial charge >= 0.3 is 0 Å². The van der Waals surface area contributed by atoms with Crippen LogP contribution in [-0.4, -0.2) is 23.2 Å². The first-order valence-corrected chi connectivity index (χ1v) is 6.09. The van der Waals surface area contributed by atoms with Crippen LogP contribution in [0.5, 0.6) is 0 Å². The molecule has 2 heterocycles. The first-order chi connectivity index (χ1) is 8.70. The van der Waals surface area contributed by atoms with Gasteiger partial charge in [-0.2, -0.15) is 0 Å². The molecule has 0 fully saturated rings. The van der Waals surface area contributed by atoms with E-state index >= 15 is 0 Å². The van der Waals surface area contributed by atoms with Gasteiger partial charge in [-0.3, -0.25) is 0 Å². The monoisotopic (exact) mass is 240 g/mol. The standard InChI is InChI=1S/C14H16N4/c1-10-6-4-5-7-12(10)18-11(2)17(3)13-14(18)16-9-8-15-13/h4-9,11H,1-3H3/t11-/m0/s1. The minimum Gasteiger partial charge on any atom is -0.336 e. The largest absolute Gasteiger partial charge is 0.336 e. The van der Waals surface area contributed by atoms with Gasteiger partial charge < -0.3 is 9.80 Å². The molecule has 1 aliphatic heterocycles. The molecular formula is C14H16N4. The molecule has 0 saturated carbocycles. The van der Waals surface area contributed by atoms with E-state index in [1.165, 1.54) is 11.3 Å². The maximum absolute atomic E-state index is 4.48. The average Bonchev–Trinajstić information content (AvgIpc) is 2.64. The minimum atomic E-state index is 0.225. The molecule has 1 atom stereocenters. The van der Waals surface area contributed by atoms with Crippen molar-refractivity contribution in [3.05, 3.63) is 42.2 Å². The summed E-state index contributed by atoms with van der Waals surface area (Å²) in [4.78, 5) is 13.3. The molecule has 1 aromatic carbocycles. The lowest BCUT2D eigenvalue weighted by Crippen LogP contribution is -2.36. The molecule has 1 aromatic heterocycles. The zero-order valence-corrected chi connectivity index (χ0v) is 10.8. The van der Waals surface area contributed by atoms with Gasteiger partial charge in [-0.15, -0.1) is 0 Å². The number of benzene rings is 1. The highest BCUT2D eigenvalue weighted by molar-refractivity contribution is 5.78. The second-order valence-corrected chi connectivity index (χ2v) is 4.60. The summed E-state index contributed by atoms with van der Waals surface area (Å²) in [5.41, 5.74) is 2.44. The van der Waals surface area contributed by atoms with Gasteiger partial charge in [0.1, 0.15) is 6.17 Å². The molecule has 92 valence electrons. The molecular weight excluding hydrogens is 224 g/mol. The summed E-state index contributed by atoms with van der Waals surface area (Å²) in [5, 5.41) is 0. The lowest BCUT2D eigenvalue weighted by molar-refractivity contribution is 0.726. The fourth-order valence-electron chi connectivity index (χ4n) is 2.42. The van der Waals surface area contributed by atoms with E-state index in [2.05, 4.69) is 64.9 Å². The Balaban J connectivity index is 2.16. The average molecular weight is 240 g/mol. The van der Waals surface area contributed by atoms with Crippen LogP contribution in [0.15, 0.2) is 36.7 Å². The highest BCUT2D eigenvalue weighted by Gasteiger charge is 2.34. The highest BCUT2D eigenvalue weighted by Crippen LogP contribution is 2.40. The van der Waals surface area contributed by atoms with Crippen LogP contribution in [0, 0.1) is 6.92 Å². The Hall–Kier alpha value is -2.10. The van der Waals surface area contributed by atoms with Crippen LogP contribution in [0.4, 0.5) is 17.3 Å². The van der Waals surface area contributed by atoms with Crippen molar-refractivity contribution in [2.45, 2.75) is 20.0 Å². The molecule has 0 spiro atoms. The maximum Gasteiger partial charge on any atom is 0.178 e. The minimum absolute atomic E-state index is 0.225. The molecule has 0 bridgehead atoms. The second kappa shape index (κ2) is 3.98. The number of anilines is 3. The summed E-state index contributed by atoms with van der Waals surface area (Å²) >= 11 is 0. The molecule has 2 aromatic rings. The predicted octanol–water partition coefficient (Wildman–Crippen LogP) is 2.72. The van der Waals surface area contributed by atoms with E-state index in [1.54, 1.807) is 12.4 Å². The van der Waals surface area contributed by atoms with E-state index in [4.69, 9.17) is 0 Å². The van der Waals surface area contributed by atoms with Gasteiger partial charge in [-0.05, 0) is 25.5 Å². The molecule has 4 heteroatoms. The van der Waals surface area contributed by atoms with Crippen molar-refractivity contribution in [1.82, 2.24) is 9.97 Å². The molecule has 4 nitrogen and oxygen atoms in total. The Kier molecular flexibility index (Phi) is 2.44. The van der Waals surface area contributed by atoms with Gasteiger partial charge in [0.25, 0.3) is 0 Å². The number of rotatable bonds is 1. The van der Waals surface area contributed by atoms with Gasteiger partial charge in [0, 0.05) is 25.1 Å². The summed E-state index contributed by atoms with van der Waals surface area (Å²) in [6.07, 6.45) is 3.71. The van der Waals surface area contributed by atoms with Crippen LogP contribution in [0.2, 0.25) is 0 Å². The molecule has 0 saturated heterocycles. The smallest absolute Gasteiger partial charge is 0.178 e. The van der Waals surface area contributed by atoms with Crippen LogP contribution in [0.3, 0.4) is 0 Å². The first-order valence-electron chi connectivity index (χ1n) is 6.09. The number of aromatic nitrogens is 2. The maximum atomic E-state index is 4.48. The zero-order chi connectivity index (χ0) is 12.7. The van der Waals surface area contributed by atoms with Crippen molar-refractivity contribution in [3.8, 4) is 0 Å². The molecule has 1 aliphatic rings. The number of hydrogen-bond donors (Lipinski definition) is 0. The van der Waals surface area contributed by atoms with Crippen molar-refractivity contribution >= 4 is 17.3 Å². The third-order valence-corrected chi connectivity index (χ3v) is 3.53. The molecule has 0 unspecified atom stereocenters. The summed E-state index contributed by atoms with van der Waals surface area (Å²) < 4.78 is 0. The van der Waals surface area contributed by atoms with Crippen molar-refractivity contribution in [3.63, 3.8) is 0 Å². The Morgan fingerprint density at radius 3 is 2.44 bits per heavy atom.